The van der Waals surface area contributed by atoms with Crippen LogP contribution in [0.3, 0.4) is 0 Å². The molecule has 5 nitrogen and oxygen atoms in total. The summed E-state index contributed by atoms with van der Waals surface area (Å²) in [5.74, 6) is 2.32. The molecule has 116 valence electrons. The topological polar surface area (TPSA) is 59.2 Å². The summed E-state index contributed by atoms with van der Waals surface area (Å²) in [7, 11) is 0. The first-order valence-corrected chi connectivity index (χ1v) is 8.74. The van der Waals surface area contributed by atoms with Gasteiger partial charge in [0.25, 0.3) is 0 Å². The molecule has 0 N–H and O–H groups in total. The highest BCUT2D eigenvalue weighted by Gasteiger charge is 2.34. The van der Waals surface area contributed by atoms with Crippen molar-refractivity contribution < 1.29 is 9.32 Å². The molecule has 2 aromatic heterocycles. The molecule has 0 unspecified atom stereocenters. The highest BCUT2D eigenvalue weighted by Crippen LogP contribution is 2.40. The van der Waals surface area contributed by atoms with Gasteiger partial charge in [-0.05, 0) is 56.2 Å². The van der Waals surface area contributed by atoms with Crippen molar-refractivity contribution in [3.05, 3.63) is 33.6 Å². The van der Waals surface area contributed by atoms with Crippen molar-refractivity contribution in [3.8, 4) is 0 Å². The minimum absolute atomic E-state index is 0.139. The number of Topliss-reactive ketones (excluding diaryl/α,β-unsaturated/α-hetero) is 1. The Morgan fingerprint density at radius 2 is 2.32 bits per heavy atom. The predicted octanol–water partition coefficient (Wildman–Crippen LogP) is 3.55. The van der Waals surface area contributed by atoms with Crippen LogP contribution in [0.1, 0.15) is 71.5 Å². The Morgan fingerprint density at radius 3 is 3.05 bits per heavy atom. The SMILES string of the molecule is CC(=O)c1cc(CN2CCC[C@H]2c2nc(C3CC3)no2)cs1. The molecule has 1 saturated carbocycles. The highest BCUT2D eigenvalue weighted by molar-refractivity contribution is 7.12. The first kappa shape index (κ1) is 14.1. The number of thiophene rings is 1. The summed E-state index contributed by atoms with van der Waals surface area (Å²) in [5, 5.41) is 6.22. The van der Waals surface area contributed by atoms with Crippen molar-refractivity contribution in [1.29, 1.82) is 0 Å². The Labute approximate surface area is 133 Å². The minimum Gasteiger partial charge on any atom is -0.338 e. The van der Waals surface area contributed by atoms with Gasteiger partial charge < -0.3 is 4.52 Å². The van der Waals surface area contributed by atoms with Gasteiger partial charge in [0, 0.05) is 12.5 Å². The molecule has 1 saturated heterocycles. The van der Waals surface area contributed by atoms with Gasteiger partial charge in [0.1, 0.15) is 0 Å². The van der Waals surface area contributed by atoms with E-state index in [0.29, 0.717) is 5.92 Å². The maximum atomic E-state index is 11.4. The second-order valence-corrected chi connectivity index (χ2v) is 7.18. The molecule has 4 rings (SSSR count). The van der Waals surface area contributed by atoms with Crippen LogP contribution < -0.4 is 0 Å². The number of ketones is 1. The maximum Gasteiger partial charge on any atom is 0.244 e. The summed E-state index contributed by atoms with van der Waals surface area (Å²) >= 11 is 1.53. The van der Waals surface area contributed by atoms with E-state index in [4.69, 9.17) is 4.52 Å². The second kappa shape index (κ2) is 5.59. The van der Waals surface area contributed by atoms with Gasteiger partial charge in [-0.1, -0.05) is 5.16 Å². The van der Waals surface area contributed by atoms with Crippen molar-refractivity contribution in [2.75, 3.05) is 6.54 Å². The lowest BCUT2D eigenvalue weighted by molar-refractivity contribution is 0.102. The number of likely N-dealkylation sites (tertiary alicyclic amines) is 1. The third kappa shape index (κ3) is 2.73. The number of aromatic nitrogens is 2. The fraction of sp³-hybridized carbons (Fsp3) is 0.562. The molecule has 2 aromatic rings. The fourth-order valence-electron chi connectivity index (χ4n) is 3.06. The molecule has 6 heteroatoms. The van der Waals surface area contributed by atoms with Crippen LogP contribution in [-0.2, 0) is 6.54 Å². The summed E-state index contributed by atoms with van der Waals surface area (Å²) in [6.45, 7) is 3.50. The third-order valence-electron chi connectivity index (χ3n) is 4.44. The number of hydrogen-bond donors (Lipinski definition) is 0. The second-order valence-electron chi connectivity index (χ2n) is 6.27. The minimum atomic E-state index is 0.139. The first-order chi connectivity index (χ1) is 10.7. The molecular weight excluding hydrogens is 298 g/mol. The van der Waals surface area contributed by atoms with Crippen LogP contribution in [0.5, 0.6) is 0 Å². The smallest absolute Gasteiger partial charge is 0.244 e. The number of nitrogens with zero attached hydrogens (tertiary/aromatic N) is 3. The van der Waals surface area contributed by atoms with Crippen LogP contribution in [0.4, 0.5) is 0 Å². The average Bonchev–Trinajstić information content (AvgIpc) is 2.95. The van der Waals surface area contributed by atoms with Crippen LogP contribution >= 0.6 is 11.3 Å². The molecule has 1 aliphatic carbocycles. The van der Waals surface area contributed by atoms with Gasteiger partial charge in [0.05, 0.1) is 10.9 Å². The lowest BCUT2D eigenvalue weighted by Crippen LogP contribution is -2.22. The molecule has 0 bridgehead atoms. The van der Waals surface area contributed by atoms with E-state index in [9.17, 15) is 4.79 Å². The summed E-state index contributed by atoms with van der Waals surface area (Å²) < 4.78 is 5.51. The van der Waals surface area contributed by atoms with Crippen molar-refractivity contribution in [2.45, 2.75) is 51.1 Å². The van der Waals surface area contributed by atoms with Crippen molar-refractivity contribution in [2.24, 2.45) is 0 Å². The van der Waals surface area contributed by atoms with Crippen molar-refractivity contribution in [1.82, 2.24) is 15.0 Å². The average molecular weight is 317 g/mol. The van der Waals surface area contributed by atoms with Gasteiger partial charge in [-0.15, -0.1) is 11.3 Å². The standard InChI is InChI=1S/C16H19N3O2S/c1-10(20)14-7-11(9-22-14)8-19-6-2-3-13(19)16-17-15(18-21-16)12-4-5-12/h7,9,12-13H,2-6,8H2,1H3/t13-/m0/s1. The number of rotatable bonds is 5. The Kier molecular flexibility index (Phi) is 3.58. The van der Waals surface area contributed by atoms with E-state index in [1.165, 1.54) is 29.7 Å². The number of hydrogen-bond acceptors (Lipinski definition) is 6. The van der Waals surface area contributed by atoms with E-state index in [1.54, 1.807) is 6.92 Å². The lowest BCUT2D eigenvalue weighted by Gasteiger charge is -2.20. The van der Waals surface area contributed by atoms with E-state index in [-0.39, 0.29) is 11.8 Å². The maximum absolute atomic E-state index is 11.4. The predicted molar refractivity (Wildman–Crippen MR) is 83.0 cm³/mol. The van der Waals surface area contributed by atoms with E-state index in [2.05, 4.69) is 20.4 Å². The summed E-state index contributed by atoms with van der Waals surface area (Å²) in [6, 6.07) is 2.23. The summed E-state index contributed by atoms with van der Waals surface area (Å²) in [6.07, 6.45) is 4.59. The molecule has 1 aliphatic heterocycles. The van der Waals surface area contributed by atoms with Gasteiger partial charge in [-0.25, -0.2) is 0 Å². The van der Waals surface area contributed by atoms with E-state index < -0.39 is 0 Å². The molecule has 2 aliphatic rings. The van der Waals surface area contributed by atoms with E-state index in [0.717, 1.165) is 42.5 Å². The highest BCUT2D eigenvalue weighted by atomic mass is 32.1. The van der Waals surface area contributed by atoms with Crippen LogP contribution in [0, 0.1) is 0 Å². The zero-order chi connectivity index (χ0) is 15.1. The van der Waals surface area contributed by atoms with Crippen LogP contribution in [0.15, 0.2) is 16.0 Å². The molecule has 22 heavy (non-hydrogen) atoms. The molecule has 1 atom stereocenters. The lowest BCUT2D eigenvalue weighted by atomic mass is 10.2. The first-order valence-electron chi connectivity index (χ1n) is 7.86. The van der Waals surface area contributed by atoms with Gasteiger partial charge in [0.2, 0.25) is 5.89 Å². The fourth-order valence-corrected chi connectivity index (χ4v) is 3.87. The molecule has 0 aromatic carbocycles. The summed E-state index contributed by atoms with van der Waals surface area (Å²) in [5.41, 5.74) is 1.20. The molecular formula is C16H19N3O2S. The van der Waals surface area contributed by atoms with Gasteiger partial charge in [0.15, 0.2) is 11.6 Å². The summed E-state index contributed by atoms with van der Waals surface area (Å²) in [4.78, 5) is 19.2. The quantitative estimate of drug-likeness (QED) is 0.789. The Bertz CT molecular complexity index is 689. The van der Waals surface area contributed by atoms with Crippen LogP contribution in [-0.4, -0.2) is 27.4 Å². The number of carbonyl (C=O) groups excluding carboxylic acids is 1. The molecule has 0 spiro atoms. The van der Waals surface area contributed by atoms with Crippen LogP contribution in [0.2, 0.25) is 0 Å². The molecule has 0 amide bonds. The monoisotopic (exact) mass is 317 g/mol. The Morgan fingerprint density at radius 1 is 1.45 bits per heavy atom. The van der Waals surface area contributed by atoms with Crippen LogP contribution in [0.25, 0.3) is 0 Å². The zero-order valence-corrected chi connectivity index (χ0v) is 13.4. The molecule has 3 heterocycles. The Balaban J connectivity index is 1.48. The normalized spacial score (nSPS) is 22.3. The number of carbonyl (C=O) groups is 1. The third-order valence-corrected chi connectivity index (χ3v) is 5.51. The van der Waals surface area contributed by atoms with E-state index >= 15 is 0 Å². The molecule has 0 radical (unpaired) electrons. The van der Waals surface area contributed by atoms with Gasteiger partial charge in [-0.3, -0.25) is 9.69 Å². The zero-order valence-electron chi connectivity index (χ0n) is 12.6. The Hall–Kier alpha value is -1.53. The van der Waals surface area contributed by atoms with Gasteiger partial charge in [-0.2, -0.15) is 4.98 Å². The molecule has 2 fully saturated rings. The largest absolute Gasteiger partial charge is 0.338 e. The van der Waals surface area contributed by atoms with Crippen molar-refractivity contribution in [3.63, 3.8) is 0 Å². The van der Waals surface area contributed by atoms with Gasteiger partial charge >= 0.3 is 0 Å². The van der Waals surface area contributed by atoms with Crippen molar-refractivity contribution >= 4 is 17.1 Å². The van der Waals surface area contributed by atoms with E-state index in [1.807, 2.05) is 6.07 Å².